The largest absolute Gasteiger partial charge is 0.312 e. The van der Waals surface area contributed by atoms with Gasteiger partial charge in [-0.15, -0.1) is 0 Å². The van der Waals surface area contributed by atoms with Gasteiger partial charge in [0.1, 0.15) is 0 Å². The van der Waals surface area contributed by atoms with Crippen LogP contribution >= 0.6 is 11.6 Å². The first-order chi connectivity index (χ1) is 12.9. The van der Waals surface area contributed by atoms with Crippen molar-refractivity contribution in [2.24, 2.45) is 11.0 Å². The van der Waals surface area contributed by atoms with Crippen molar-refractivity contribution in [1.82, 2.24) is 5.43 Å². The molecule has 1 atom stereocenters. The number of nitro groups is 1. The van der Waals surface area contributed by atoms with Crippen LogP contribution in [-0.4, -0.2) is 29.5 Å². The molecule has 2 amide bonds. The summed E-state index contributed by atoms with van der Waals surface area (Å²) in [6.45, 7) is 0.249. The number of nitrogens with zero attached hydrogens (tertiary/aromatic N) is 3. The summed E-state index contributed by atoms with van der Waals surface area (Å²) in [4.78, 5) is 36.2. The van der Waals surface area contributed by atoms with E-state index in [-0.39, 0.29) is 30.5 Å². The number of carbonyl (C=O) groups is 2. The number of amides is 2. The molecule has 0 aromatic heterocycles. The zero-order chi connectivity index (χ0) is 19.4. The number of nitrogens with one attached hydrogen (secondary N) is 1. The molecule has 1 saturated heterocycles. The Balaban J connectivity index is 1.60. The van der Waals surface area contributed by atoms with E-state index in [1.807, 2.05) is 0 Å². The SMILES string of the molecule is O=C(N/N=C\c1cccc([N+](=O)[O-])c1)[C@H]1CC(=O)N(c2ccc(Cl)cc2)C1. The lowest BCUT2D eigenvalue weighted by Crippen LogP contribution is -2.30. The van der Waals surface area contributed by atoms with E-state index in [1.54, 1.807) is 30.3 Å². The van der Waals surface area contributed by atoms with E-state index < -0.39 is 10.8 Å². The van der Waals surface area contributed by atoms with Gasteiger partial charge in [-0.3, -0.25) is 19.7 Å². The molecule has 0 spiro atoms. The maximum Gasteiger partial charge on any atom is 0.270 e. The third-order valence-corrected chi connectivity index (χ3v) is 4.36. The molecular formula is C18H15ClN4O4. The van der Waals surface area contributed by atoms with Gasteiger partial charge >= 0.3 is 0 Å². The molecule has 3 rings (SSSR count). The minimum absolute atomic E-state index is 0.0646. The quantitative estimate of drug-likeness (QED) is 0.484. The summed E-state index contributed by atoms with van der Waals surface area (Å²) >= 11 is 5.85. The van der Waals surface area contributed by atoms with E-state index in [1.165, 1.54) is 29.3 Å². The predicted molar refractivity (Wildman–Crippen MR) is 101 cm³/mol. The fourth-order valence-corrected chi connectivity index (χ4v) is 2.86. The molecule has 0 aliphatic carbocycles. The van der Waals surface area contributed by atoms with Crippen LogP contribution in [0, 0.1) is 16.0 Å². The van der Waals surface area contributed by atoms with E-state index in [4.69, 9.17) is 11.6 Å². The Morgan fingerprint density at radius 3 is 2.74 bits per heavy atom. The molecule has 8 nitrogen and oxygen atoms in total. The van der Waals surface area contributed by atoms with Crippen LogP contribution in [0.25, 0.3) is 0 Å². The van der Waals surface area contributed by atoms with E-state index >= 15 is 0 Å². The van der Waals surface area contributed by atoms with Gasteiger partial charge in [-0.2, -0.15) is 5.10 Å². The Labute approximate surface area is 159 Å². The zero-order valence-corrected chi connectivity index (χ0v) is 14.8. The topological polar surface area (TPSA) is 105 Å². The van der Waals surface area contributed by atoms with Gasteiger partial charge in [-0.05, 0) is 24.3 Å². The monoisotopic (exact) mass is 386 g/mol. The van der Waals surface area contributed by atoms with Crippen LogP contribution in [-0.2, 0) is 9.59 Å². The fraction of sp³-hybridized carbons (Fsp3) is 0.167. The van der Waals surface area contributed by atoms with Gasteiger partial charge in [-0.1, -0.05) is 23.7 Å². The Kier molecular flexibility index (Phi) is 5.46. The molecule has 1 aliphatic rings. The molecule has 1 heterocycles. The van der Waals surface area contributed by atoms with E-state index in [0.717, 1.165) is 0 Å². The van der Waals surface area contributed by atoms with Gasteiger partial charge in [0.25, 0.3) is 5.69 Å². The van der Waals surface area contributed by atoms with Crippen LogP contribution < -0.4 is 10.3 Å². The van der Waals surface area contributed by atoms with Crippen molar-refractivity contribution < 1.29 is 14.5 Å². The van der Waals surface area contributed by atoms with Crippen molar-refractivity contribution in [3.63, 3.8) is 0 Å². The number of nitro benzene ring substituents is 1. The Hall–Kier alpha value is -3.26. The normalized spacial score (nSPS) is 16.7. The summed E-state index contributed by atoms with van der Waals surface area (Å²) in [7, 11) is 0. The standard InChI is InChI=1S/C18H15ClN4O4/c19-14-4-6-15(7-5-14)22-11-13(9-17(22)24)18(25)21-20-10-12-2-1-3-16(8-12)23(26)27/h1-8,10,13H,9,11H2,(H,21,25)/b20-10-/t13-/m0/s1. The maximum atomic E-state index is 12.3. The van der Waals surface area contributed by atoms with Crippen LogP contribution in [0.3, 0.4) is 0 Å². The molecule has 0 radical (unpaired) electrons. The highest BCUT2D eigenvalue weighted by Gasteiger charge is 2.35. The van der Waals surface area contributed by atoms with Gasteiger partial charge in [0, 0.05) is 41.4 Å². The van der Waals surface area contributed by atoms with Gasteiger partial charge in [-0.25, -0.2) is 5.43 Å². The van der Waals surface area contributed by atoms with Crippen molar-refractivity contribution >= 4 is 41.0 Å². The van der Waals surface area contributed by atoms with E-state index in [9.17, 15) is 19.7 Å². The fourth-order valence-electron chi connectivity index (χ4n) is 2.73. The summed E-state index contributed by atoms with van der Waals surface area (Å²) in [6.07, 6.45) is 1.40. The minimum atomic E-state index is -0.532. The average molecular weight is 387 g/mol. The van der Waals surface area contributed by atoms with E-state index in [0.29, 0.717) is 16.3 Å². The highest BCUT2D eigenvalue weighted by molar-refractivity contribution is 6.30. The number of halogens is 1. The number of benzene rings is 2. The number of carbonyl (C=O) groups excluding carboxylic acids is 2. The van der Waals surface area contributed by atoms with Crippen LogP contribution in [0.15, 0.2) is 53.6 Å². The smallest absolute Gasteiger partial charge is 0.270 e. The molecule has 0 saturated carbocycles. The zero-order valence-electron chi connectivity index (χ0n) is 14.0. The highest BCUT2D eigenvalue weighted by atomic mass is 35.5. The highest BCUT2D eigenvalue weighted by Crippen LogP contribution is 2.26. The number of hydrogen-bond acceptors (Lipinski definition) is 5. The van der Waals surface area contributed by atoms with Crippen LogP contribution in [0.2, 0.25) is 5.02 Å². The molecule has 1 N–H and O–H groups in total. The third-order valence-electron chi connectivity index (χ3n) is 4.10. The lowest BCUT2D eigenvalue weighted by Gasteiger charge is -2.16. The van der Waals surface area contributed by atoms with Crippen molar-refractivity contribution in [3.05, 3.63) is 69.2 Å². The summed E-state index contributed by atoms with van der Waals surface area (Å²) in [5.41, 5.74) is 3.48. The van der Waals surface area contributed by atoms with Gasteiger partial charge < -0.3 is 4.90 Å². The van der Waals surface area contributed by atoms with Crippen LogP contribution in [0.4, 0.5) is 11.4 Å². The first-order valence-electron chi connectivity index (χ1n) is 8.07. The first-order valence-corrected chi connectivity index (χ1v) is 8.45. The Morgan fingerprint density at radius 2 is 2.04 bits per heavy atom. The minimum Gasteiger partial charge on any atom is -0.312 e. The Morgan fingerprint density at radius 1 is 1.30 bits per heavy atom. The van der Waals surface area contributed by atoms with Crippen molar-refractivity contribution in [2.75, 3.05) is 11.4 Å². The first kappa shape index (κ1) is 18.5. The van der Waals surface area contributed by atoms with Crippen molar-refractivity contribution in [2.45, 2.75) is 6.42 Å². The lowest BCUT2D eigenvalue weighted by molar-refractivity contribution is -0.384. The Bertz CT molecular complexity index is 914. The molecule has 9 heteroatoms. The molecule has 138 valence electrons. The van der Waals surface area contributed by atoms with Crippen LogP contribution in [0.5, 0.6) is 0 Å². The third kappa shape index (κ3) is 4.48. The van der Waals surface area contributed by atoms with Crippen molar-refractivity contribution in [1.29, 1.82) is 0 Å². The summed E-state index contributed by atoms with van der Waals surface area (Å²) < 4.78 is 0. The second-order valence-corrected chi connectivity index (χ2v) is 6.40. The molecular weight excluding hydrogens is 372 g/mol. The molecule has 0 unspecified atom stereocenters. The van der Waals surface area contributed by atoms with Crippen LogP contribution in [0.1, 0.15) is 12.0 Å². The molecule has 1 fully saturated rings. The summed E-state index contributed by atoms with van der Waals surface area (Å²) in [6, 6.07) is 12.7. The predicted octanol–water partition coefficient (Wildman–Crippen LogP) is 2.75. The average Bonchev–Trinajstić information content (AvgIpc) is 3.04. The molecule has 2 aromatic rings. The van der Waals surface area contributed by atoms with Gasteiger partial charge in [0.15, 0.2) is 0 Å². The second kappa shape index (κ2) is 7.96. The summed E-state index contributed by atoms with van der Waals surface area (Å²) in [5.74, 6) is -1.07. The van der Waals surface area contributed by atoms with E-state index in [2.05, 4.69) is 10.5 Å². The number of hydrazone groups is 1. The number of non-ortho nitro benzene ring substituents is 1. The lowest BCUT2D eigenvalue weighted by atomic mass is 10.1. The number of anilines is 1. The summed E-state index contributed by atoms with van der Waals surface area (Å²) in [5, 5.41) is 15.1. The maximum absolute atomic E-state index is 12.3. The van der Waals surface area contributed by atoms with Crippen molar-refractivity contribution in [3.8, 4) is 0 Å². The second-order valence-electron chi connectivity index (χ2n) is 5.97. The number of rotatable bonds is 5. The molecule has 1 aliphatic heterocycles. The van der Waals surface area contributed by atoms with Gasteiger partial charge in [0.05, 0.1) is 17.1 Å². The molecule has 27 heavy (non-hydrogen) atoms. The number of hydrogen-bond donors (Lipinski definition) is 1. The molecule has 0 bridgehead atoms. The van der Waals surface area contributed by atoms with Gasteiger partial charge in [0.2, 0.25) is 11.8 Å². The molecule has 2 aromatic carbocycles.